The van der Waals surface area contributed by atoms with E-state index in [9.17, 15) is 9.59 Å². The minimum Gasteiger partial charge on any atom is -0.465 e. The summed E-state index contributed by atoms with van der Waals surface area (Å²) < 4.78 is 7.05. The molecule has 0 unspecified atom stereocenters. The molecule has 0 radical (unpaired) electrons. The van der Waals surface area contributed by atoms with Crippen molar-refractivity contribution in [3.8, 4) is 0 Å². The van der Waals surface area contributed by atoms with E-state index >= 15 is 0 Å². The molecular weight excluding hydrogens is 426 g/mol. The van der Waals surface area contributed by atoms with Gasteiger partial charge in [-0.25, -0.2) is 0 Å². The summed E-state index contributed by atoms with van der Waals surface area (Å²) in [6, 6.07) is 18.7. The average molecular weight is 450 g/mol. The number of rotatable bonds is 6. The van der Waals surface area contributed by atoms with Crippen LogP contribution in [0.25, 0.3) is 21.8 Å². The van der Waals surface area contributed by atoms with Crippen molar-refractivity contribution in [1.82, 2.24) is 4.57 Å². The lowest BCUT2D eigenvalue weighted by Gasteiger charge is -2.22. The van der Waals surface area contributed by atoms with Gasteiger partial charge < -0.3 is 19.5 Å². The number of hydrogen-bond acceptors (Lipinski definition) is 5. The van der Waals surface area contributed by atoms with Gasteiger partial charge in [0.1, 0.15) is 6.54 Å². The third-order valence-electron chi connectivity index (χ3n) is 5.25. The second-order valence-electron chi connectivity index (χ2n) is 7.63. The molecule has 0 aliphatic rings. The number of fused-ring (bicyclic) bond motifs is 2. The zero-order valence-corrected chi connectivity index (χ0v) is 18.9. The van der Waals surface area contributed by atoms with Gasteiger partial charge in [0.05, 0.1) is 28.4 Å². The molecule has 7 heteroatoms. The number of nitrogens with one attached hydrogen (secondary N) is 1. The predicted octanol–water partition coefficient (Wildman–Crippen LogP) is 5.18. The van der Waals surface area contributed by atoms with Crippen LogP contribution in [0.15, 0.2) is 65.5 Å². The topological polar surface area (TPSA) is 63.6 Å². The second-order valence-corrected chi connectivity index (χ2v) is 8.04. The summed E-state index contributed by atoms with van der Waals surface area (Å²) in [5.74, 6) is -0.384. The molecule has 32 heavy (non-hydrogen) atoms. The molecule has 3 aromatic carbocycles. The summed E-state index contributed by atoms with van der Waals surface area (Å²) in [5, 5.41) is 4.87. The monoisotopic (exact) mass is 449 g/mol. The fourth-order valence-electron chi connectivity index (χ4n) is 3.92. The highest BCUT2D eigenvalue weighted by Crippen LogP contribution is 2.34. The Morgan fingerprint density at radius 3 is 2.44 bits per heavy atom. The molecule has 0 aliphatic carbocycles. The number of para-hydroxylation sites is 1. The molecular formula is C25H24ClN3O3. The summed E-state index contributed by atoms with van der Waals surface area (Å²) in [4.78, 5) is 27.8. The lowest BCUT2D eigenvalue weighted by Crippen LogP contribution is -2.21. The van der Waals surface area contributed by atoms with Crippen molar-refractivity contribution in [3.63, 3.8) is 0 Å². The van der Waals surface area contributed by atoms with Crippen LogP contribution in [0.3, 0.4) is 0 Å². The van der Waals surface area contributed by atoms with Gasteiger partial charge in [-0.3, -0.25) is 9.59 Å². The van der Waals surface area contributed by atoms with Gasteiger partial charge in [-0.1, -0.05) is 29.8 Å². The minimum atomic E-state index is -0.384. The van der Waals surface area contributed by atoms with Crippen molar-refractivity contribution < 1.29 is 9.53 Å². The molecule has 4 rings (SSSR count). The Bertz CT molecular complexity index is 1360. The zero-order valence-electron chi connectivity index (χ0n) is 18.2. The maximum atomic E-state index is 13.4. The molecule has 0 bridgehead atoms. The minimum absolute atomic E-state index is 0.0446. The normalized spacial score (nSPS) is 11.0. The highest BCUT2D eigenvalue weighted by molar-refractivity contribution is 6.35. The van der Waals surface area contributed by atoms with Gasteiger partial charge in [0.25, 0.3) is 0 Å². The molecule has 1 heterocycles. The van der Waals surface area contributed by atoms with Crippen molar-refractivity contribution in [2.75, 3.05) is 30.9 Å². The van der Waals surface area contributed by atoms with Crippen LogP contribution >= 0.6 is 11.6 Å². The second kappa shape index (κ2) is 8.93. The lowest BCUT2D eigenvalue weighted by atomic mass is 10.1. The van der Waals surface area contributed by atoms with E-state index < -0.39 is 0 Å². The number of pyridine rings is 1. The maximum Gasteiger partial charge on any atom is 0.325 e. The van der Waals surface area contributed by atoms with Crippen molar-refractivity contribution in [2.24, 2.45) is 0 Å². The zero-order chi connectivity index (χ0) is 22.8. The smallest absolute Gasteiger partial charge is 0.325 e. The first-order valence-electron chi connectivity index (χ1n) is 10.3. The number of anilines is 3. The number of benzene rings is 3. The van der Waals surface area contributed by atoms with Crippen LogP contribution < -0.4 is 15.6 Å². The average Bonchev–Trinajstić information content (AvgIpc) is 2.77. The van der Waals surface area contributed by atoms with E-state index in [4.69, 9.17) is 16.3 Å². The van der Waals surface area contributed by atoms with E-state index in [2.05, 4.69) is 5.32 Å². The maximum absolute atomic E-state index is 13.4. The number of nitrogens with zero attached hydrogens (tertiary/aromatic N) is 2. The molecule has 1 N–H and O–H groups in total. The fourth-order valence-corrected chi connectivity index (χ4v) is 4.24. The Labute approximate surface area is 191 Å². The first-order chi connectivity index (χ1) is 15.4. The van der Waals surface area contributed by atoms with Crippen molar-refractivity contribution in [2.45, 2.75) is 13.5 Å². The Hall–Kier alpha value is -3.51. The van der Waals surface area contributed by atoms with Gasteiger partial charge in [-0.15, -0.1) is 0 Å². The van der Waals surface area contributed by atoms with E-state index in [1.807, 2.05) is 66.0 Å². The van der Waals surface area contributed by atoms with Gasteiger partial charge in [0, 0.05) is 36.2 Å². The highest BCUT2D eigenvalue weighted by Gasteiger charge is 2.20. The van der Waals surface area contributed by atoms with Crippen LogP contribution in [-0.4, -0.2) is 31.2 Å². The van der Waals surface area contributed by atoms with E-state index in [0.29, 0.717) is 32.5 Å². The van der Waals surface area contributed by atoms with Crippen LogP contribution in [0.1, 0.15) is 6.92 Å². The number of hydrogen-bond donors (Lipinski definition) is 1. The molecule has 6 nitrogen and oxygen atoms in total. The van der Waals surface area contributed by atoms with Gasteiger partial charge in [-0.05, 0) is 49.4 Å². The molecule has 0 fully saturated rings. The predicted molar refractivity (Wildman–Crippen MR) is 131 cm³/mol. The van der Waals surface area contributed by atoms with Gasteiger partial charge in [0.2, 0.25) is 0 Å². The summed E-state index contributed by atoms with van der Waals surface area (Å²) in [7, 11) is 3.72. The Morgan fingerprint density at radius 2 is 1.75 bits per heavy atom. The van der Waals surface area contributed by atoms with Gasteiger partial charge in [-0.2, -0.15) is 0 Å². The molecule has 0 saturated carbocycles. The summed E-state index contributed by atoms with van der Waals surface area (Å²) in [5.41, 5.74) is 3.51. The van der Waals surface area contributed by atoms with Crippen LogP contribution in [0.4, 0.5) is 17.1 Å². The first-order valence-corrected chi connectivity index (χ1v) is 10.7. The molecule has 0 spiro atoms. The van der Waals surface area contributed by atoms with E-state index in [0.717, 1.165) is 11.4 Å². The van der Waals surface area contributed by atoms with E-state index in [-0.39, 0.29) is 24.5 Å². The third-order valence-corrected chi connectivity index (χ3v) is 5.56. The van der Waals surface area contributed by atoms with Crippen molar-refractivity contribution in [1.29, 1.82) is 0 Å². The number of carbonyl (C=O) groups is 1. The molecule has 0 atom stereocenters. The third kappa shape index (κ3) is 4.01. The summed E-state index contributed by atoms with van der Waals surface area (Å²) in [6.45, 7) is 2.00. The molecule has 0 saturated heterocycles. The van der Waals surface area contributed by atoms with Crippen molar-refractivity contribution in [3.05, 3.63) is 75.9 Å². The number of aromatic nitrogens is 1. The number of ether oxygens (including phenoxy) is 1. The molecule has 1 aromatic heterocycles. The molecule has 0 amide bonds. The lowest BCUT2D eigenvalue weighted by molar-refractivity contribution is -0.143. The first kappa shape index (κ1) is 21.7. The molecule has 4 aromatic rings. The van der Waals surface area contributed by atoms with Crippen molar-refractivity contribution >= 4 is 56.4 Å². The molecule has 0 aliphatic heterocycles. The molecule has 164 valence electrons. The van der Waals surface area contributed by atoms with Gasteiger partial charge >= 0.3 is 5.97 Å². The summed E-state index contributed by atoms with van der Waals surface area (Å²) >= 11 is 6.52. The number of halogens is 1. The van der Waals surface area contributed by atoms with E-state index in [1.165, 1.54) is 0 Å². The standard InChI is InChI=1S/C25H24ClN3O3/c1-4-32-22(30)15-29-21-14-17(27-16-8-6-5-7-9-16)10-11-18(21)25(31)19-12-13-20(26)24(23(19)29)28(2)3/h5-14,27H,4,15H2,1-3H3. The number of esters is 1. The Kier molecular flexibility index (Phi) is 6.06. The quantitative estimate of drug-likeness (QED) is 0.324. The van der Waals surface area contributed by atoms with Crippen LogP contribution in [0, 0.1) is 0 Å². The van der Waals surface area contributed by atoms with Crippen LogP contribution in [0.2, 0.25) is 5.02 Å². The summed E-state index contributed by atoms with van der Waals surface area (Å²) in [6.07, 6.45) is 0. The largest absolute Gasteiger partial charge is 0.465 e. The van der Waals surface area contributed by atoms with Crippen LogP contribution in [-0.2, 0) is 16.1 Å². The SMILES string of the molecule is CCOC(=O)Cn1c2cc(Nc3ccccc3)ccc2c(=O)c2ccc(Cl)c(N(C)C)c21. The number of carbonyl (C=O) groups excluding carboxylic acids is 1. The van der Waals surface area contributed by atoms with E-state index in [1.54, 1.807) is 25.1 Å². The Morgan fingerprint density at radius 1 is 1.03 bits per heavy atom. The van der Waals surface area contributed by atoms with Crippen LogP contribution in [0.5, 0.6) is 0 Å². The Balaban J connectivity index is 2.04. The highest BCUT2D eigenvalue weighted by atomic mass is 35.5. The fraction of sp³-hybridized carbons (Fsp3) is 0.200. The van der Waals surface area contributed by atoms with Gasteiger partial charge in [0.15, 0.2) is 5.43 Å².